The molecule has 1 aromatic heterocycles. The minimum absolute atomic E-state index is 0.0687. The number of hydrogen-bond donors (Lipinski definition) is 2. The fourth-order valence-corrected chi connectivity index (χ4v) is 4.14. The van der Waals surface area contributed by atoms with Crippen LogP contribution in [0.5, 0.6) is 11.5 Å². The van der Waals surface area contributed by atoms with E-state index in [2.05, 4.69) is 25.5 Å². The van der Waals surface area contributed by atoms with Crippen molar-refractivity contribution in [1.82, 2.24) is 15.3 Å². The molecule has 11 heteroatoms. The molecule has 0 unspecified atom stereocenters. The normalized spacial score (nSPS) is 16.1. The summed E-state index contributed by atoms with van der Waals surface area (Å²) in [7, 11) is 1.61. The summed E-state index contributed by atoms with van der Waals surface area (Å²) < 4.78 is 64.9. The maximum Gasteiger partial charge on any atom is 0.227 e. The maximum absolute atomic E-state index is 13.8. The van der Waals surface area contributed by atoms with Gasteiger partial charge in [0.15, 0.2) is 29.0 Å². The summed E-state index contributed by atoms with van der Waals surface area (Å²) >= 11 is 0. The first-order valence-corrected chi connectivity index (χ1v) is 10.5. The molecule has 0 bridgehead atoms. The first-order chi connectivity index (χ1) is 16.4. The highest BCUT2D eigenvalue weighted by Crippen LogP contribution is 2.42. The molecule has 0 amide bonds. The van der Waals surface area contributed by atoms with Gasteiger partial charge in [-0.05, 0) is 12.1 Å². The zero-order valence-electron chi connectivity index (χ0n) is 18.2. The van der Waals surface area contributed by atoms with E-state index in [1.165, 1.54) is 12.4 Å². The van der Waals surface area contributed by atoms with E-state index in [9.17, 15) is 17.6 Å². The maximum atomic E-state index is 13.8. The first kappa shape index (κ1) is 22.2. The van der Waals surface area contributed by atoms with E-state index < -0.39 is 35.4 Å². The van der Waals surface area contributed by atoms with Gasteiger partial charge in [-0.15, -0.1) is 0 Å². The quantitative estimate of drug-likeness (QED) is 0.398. The highest BCUT2D eigenvalue weighted by atomic mass is 19.2. The fraction of sp³-hybridized carbons (Fsp3) is 0.304. The van der Waals surface area contributed by atoms with E-state index >= 15 is 0 Å². The van der Waals surface area contributed by atoms with Crippen LogP contribution in [0.3, 0.4) is 0 Å². The van der Waals surface area contributed by atoms with E-state index in [0.29, 0.717) is 11.1 Å². The zero-order valence-corrected chi connectivity index (χ0v) is 18.2. The van der Waals surface area contributed by atoms with Gasteiger partial charge in [-0.1, -0.05) is 0 Å². The molecule has 2 aliphatic rings. The van der Waals surface area contributed by atoms with E-state index in [1.54, 1.807) is 7.11 Å². The molecule has 3 aromatic rings. The Balaban J connectivity index is 1.22. The summed E-state index contributed by atoms with van der Waals surface area (Å²) in [4.78, 5) is 10.5. The van der Waals surface area contributed by atoms with Crippen LogP contribution in [-0.4, -0.2) is 43.3 Å². The predicted molar refractivity (Wildman–Crippen MR) is 116 cm³/mol. The molecular formula is C23H21F4N5O2. The lowest BCUT2D eigenvalue weighted by molar-refractivity contribution is 0.120. The Hall–Kier alpha value is -3.60. The van der Waals surface area contributed by atoms with Crippen LogP contribution >= 0.6 is 0 Å². The number of aromatic nitrogens is 2. The van der Waals surface area contributed by atoms with Gasteiger partial charge in [0.25, 0.3) is 0 Å². The van der Waals surface area contributed by atoms with Crippen LogP contribution in [-0.2, 0) is 6.61 Å². The molecule has 34 heavy (non-hydrogen) atoms. The SMILES string of the molecule is COc1cc(Nc2ncc(OCc3c(F)c(F)cc(F)c3F)cn2)ccc1N1CC2(CNC2)C1. The van der Waals surface area contributed by atoms with Gasteiger partial charge in [-0.2, -0.15) is 0 Å². The third-order valence-corrected chi connectivity index (χ3v) is 6.04. The lowest BCUT2D eigenvalue weighted by Crippen LogP contribution is -2.71. The van der Waals surface area contributed by atoms with Crippen LogP contribution in [0.1, 0.15) is 5.56 Å². The molecule has 2 fully saturated rings. The Labute approximate surface area is 192 Å². The molecule has 178 valence electrons. The molecule has 7 nitrogen and oxygen atoms in total. The van der Waals surface area contributed by atoms with Crippen molar-refractivity contribution >= 4 is 17.3 Å². The Morgan fingerprint density at radius 2 is 1.71 bits per heavy atom. The highest BCUT2D eigenvalue weighted by molar-refractivity contribution is 5.68. The van der Waals surface area contributed by atoms with Crippen molar-refractivity contribution in [3.63, 3.8) is 0 Å². The smallest absolute Gasteiger partial charge is 0.227 e. The van der Waals surface area contributed by atoms with Gasteiger partial charge in [-0.3, -0.25) is 0 Å². The molecule has 0 atom stereocenters. The van der Waals surface area contributed by atoms with E-state index in [-0.39, 0.29) is 17.8 Å². The van der Waals surface area contributed by atoms with Crippen LogP contribution in [0.15, 0.2) is 36.7 Å². The summed E-state index contributed by atoms with van der Waals surface area (Å²) in [6, 6.07) is 5.85. The highest BCUT2D eigenvalue weighted by Gasteiger charge is 2.48. The van der Waals surface area contributed by atoms with Gasteiger partial charge in [0, 0.05) is 49.4 Å². The third kappa shape index (κ3) is 4.07. The van der Waals surface area contributed by atoms with Gasteiger partial charge < -0.3 is 25.0 Å². The lowest BCUT2D eigenvalue weighted by Gasteiger charge is -2.57. The molecule has 3 heterocycles. The second-order valence-electron chi connectivity index (χ2n) is 8.45. The lowest BCUT2D eigenvalue weighted by atomic mass is 9.74. The number of hydrogen-bond acceptors (Lipinski definition) is 7. The number of rotatable bonds is 7. The topological polar surface area (TPSA) is 71.5 Å². The van der Waals surface area contributed by atoms with Crippen molar-refractivity contribution in [1.29, 1.82) is 0 Å². The van der Waals surface area contributed by atoms with Crippen LogP contribution in [0.25, 0.3) is 0 Å². The van der Waals surface area contributed by atoms with Gasteiger partial charge in [0.05, 0.1) is 30.8 Å². The second kappa shape index (κ2) is 8.64. The Kier molecular flexibility index (Phi) is 5.64. The second-order valence-corrected chi connectivity index (χ2v) is 8.45. The first-order valence-electron chi connectivity index (χ1n) is 10.5. The number of ether oxygens (including phenoxy) is 2. The number of nitrogens with zero attached hydrogens (tertiary/aromatic N) is 3. The van der Waals surface area contributed by atoms with Gasteiger partial charge in [-0.25, -0.2) is 27.5 Å². The predicted octanol–water partition coefficient (Wildman–Crippen LogP) is 3.77. The molecular weight excluding hydrogens is 454 g/mol. The summed E-state index contributed by atoms with van der Waals surface area (Å²) in [5.41, 5.74) is 1.26. The van der Waals surface area contributed by atoms with Crippen LogP contribution < -0.4 is 25.0 Å². The van der Waals surface area contributed by atoms with Gasteiger partial charge in [0.1, 0.15) is 12.4 Å². The molecule has 2 aliphatic heterocycles. The van der Waals surface area contributed by atoms with Crippen molar-refractivity contribution in [2.45, 2.75) is 6.61 Å². The zero-order chi connectivity index (χ0) is 23.9. The van der Waals surface area contributed by atoms with Crippen LogP contribution in [0.4, 0.5) is 34.9 Å². The minimum Gasteiger partial charge on any atom is -0.495 e. The van der Waals surface area contributed by atoms with E-state index in [4.69, 9.17) is 9.47 Å². The Bertz CT molecular complexity index is 1190. The summed E-state index contributed by atoms with van der Waals surface area (Å²) in [5, 5.41) is 6.36. The average Bonchev–Trinajstić information content (AvgIpc) is 2.77. The number of anilines is 3. The number of nitrogens with one attached hydrogen (secondary N) is 2. The van der Waals surface area contributed by atoms with Crippen LogP contribution in [0.2, 0.25) is 0 Å². The van der Waals surface area contributed by atoms with Gasteiger partial charge >= 0.3 is 0 Å². The monoisotopic (exact) mass is 475 g/mol. The summed E-state index contributed by atoms with van der Waals surface area (Å²) in [6.45, 7) is 3.35. The molecule has 0 radical (unpaired) electrons. The molecule has 0 saturated carbocycles. The number of methoxy groups -OCH3 is 1. The standard InChI is InChI=1S/C23H21F4N5O2/c1-33-19-4-13(2-3-18(19)32-11-23(12-32)9-28-10-23)31-22-29-6-14(7-30-22)34-8-15-20(26)16(24)5-17(25)21(15)27/h2-7,28H,8-12H2,1H3,(H,29,30,31). The summed E-state index contributed by atoms with van der Waals surface area (Å²) in [6.07, 6.45) is 2.55. The molecule has 0 aliphatic carbocycles. The minimum atomic E-state index is -1.51. The third-order valence-electron chi connectivity index (χ3n) is 6.04. The molecule has 2 aromatic carbocycles. The number of benzene rings is 2. The summed E-state index contributed by atoms with van der Waals surface area (Å²) in [5.74, 6) is -4.97. The molecule has 1 spiro atoms. The molecule has 2 N–H and O–H groups in total. The van der Waals surface area contributed by atoms with Crippen molar-refractivity contribution in [2.24, 2.45) is 5.41 Å². The van der Waals surface area contributed by atoms with Crippen LogP contribution in [0, 0.1) is 28.7 Å². The Morgan fingerprint density at radius 3 is 2.29 bits per heavy atom. The number of halogens is 4. The van der Waals surface area contributed by atoms with Crippen molar-refractivity contribution in [3.05, 3.63) is 65.5 Å². The fourth-order valence-electron chi connectivity index (χ4n) is 4.14. The van der Waals surface area contributed by atoms with Crippen molar-refractivity contribution in [2.75, 3.05) is 43.5 Å². The molecule has 5 rings (SSSR count). The van der Waals surface area contributed by atoms with Crippen molar-refractivity contribution in [3.8, 4) is 11.5 Å². The van der Waals surface area contributed by atoms with E-state index in [0.717, 1.165) is 37.6 Å². The van der Waals surface area contributed by atoms with Gasteiger partial charge in [0.2, 0.25) is 5.95 Å². The average molecular weight is 475 g/mol. The Morgan fingerprint density at radius 1 is 1.03 bits per heavy atom. The molecule has 2 saturated heterocycles. The van der Waals surface area contributed by atoms with E-state index in [1.807, 2.05) is 18.2 Å². The van der Waals surface area contributed by atoms with Crippen molar-refractivity contribution < 1.29 is 27.0 Å². The largest absolute Gasteiger partial charge is 0.495 e.